The van der Waals surface area contributed by atoms with Crippen LogP contribution in [0.2, 0.25) is 0 Å². The number of carbonyl (C=O) groups is 3. The van der Waals surface area contributed by atoms with Crippen LogP contribution >= 0.6 is 11.3 Å². The minimum atomic E-state index is -0.630. The van der Waals surface area contributed by atoms with Gasteiger partial charge in [-0.05, 0) is 18.9 Å². The SMILES string of the molecule is CCOC(=O)c1c(N)sc2c1CCN(C)/C(C(=O)OC)=C(/C(=O)OC)C2. The van der Waals surface area contributed by atoms with E-state index in [0.717, 1.165) is 10.4 Å². The van der Waals surface area contributed by atoms with Gasteiger partial charge in [-0.1, -0.05) is 0 Å². The van der Waals surface area contributed by atoms with Crippen molar-refractivity contribution < 1.29 is 28.6 Å². The number of likely N-dealkylation sites (N-methyl/N-ethyl adjacent to an activating group) is 1. The number of nitrogens with two attached hydrogens (primary N) is 1. The van der Waals surface area contributed by atoms with Gasteiger partial charge < -0.3 is 24.8 Å². The van der Waals surface area contributed by atoms with Gasteiger partial charge in [0, 0.05) is 24.9 Å². The normalized spacial score (nSPS) is 17.0. The number of methoxy groups -OCH3 is 2. The maximum atomic E-state index is 12.3. The fourth-order valence-electron chi connectivity index (χ4n) is 2.90. The van der Waals surface area contributed by atoms with Gasteiger partial charge in [0.25, 0.3) is 0 Å². The predicted molar refractivity (Wildman–Crippen MR) is 95.8 cm³/mol. The molecule has 2 N–H and O–H groups in total. The molecule has 1 aromatic heterocycles. The van der Waals surface area contributed by atoms with Gasteiger partial charge in [-0.25, -0.2) is 14.4 Å². The van der Waals surface area contributed by atoms with Gasteiger partial charge in [-0.15, -0.1) is 11.3 Å². The van der Waals surface area contributed by atoms with Crippen LogP contribution in [0.1, 0.15) is 27.7 Å². The lowest BCUT2D eigenvalue weighted by Crippen LogP contribution is -2.32. The Labute approximate surface area is 155 Å². The summed E-state index contributed by atoms with van der Waals surface area (Å²) >= 11 is 1.21. The second-order valence-electron chi connectivity index (χ2n) is 5.62. The van der Waals surface area contributed by atoms with Crippen LogP contribution < -0.4 is 5.73 Å². The summed E-state index contributed by atoms with van der Waals surface area (Å²) in [5.41, 5.74) is 7.44. The van der Waals surface area contributed by atoms with Crippen molar-refractivity contribution in [1.82, 2.24) is 4.90 Å². The lowest BCUT2D eigenvalue weighted by Gasteiger charge is -2.26. The van der Waals surface area contributed by atoms with E-state index in [1.54, 1.807) is 18.9 Å². The number of nitrogens with zero attached hydrogens (tertiary/aromatic N) is 1. The smallest absolute Gasteiger partial charge is 0.354 e. The Morgan fingerprint density at radius 1 is 1.15 bits per heavy atom. The number of ether oxygens (including phenoxy) is 3. The highest BCUT2D eigenvalue weighted by Gasteiger charge is 2.32. The molecular formula is C17H22N2O6S. The highest BCUT2D eigenvalue weighted by Crippen LogP contribution is 2.36. The van der Waals surface area contributed by atoms with Crippen molar-refractivity contribution in [3.63, 3.8) is 0 Å². The Kier molecular flexibility index (Phi) is 6.25. The Bertz CT molecular complexity index is 768. The molecule has 1 aliphatic rings. The molecule has 0 aliphatic carbocycles. The largest absolute Gasteiger partial charge is 0.466 e. The summed E-state index contributed by atoms with van der Waals surface area (Å²) in [6, 6.07) is 0. The number of hydrogen-bond acceptors (Lipinski definition) is 9. The first kappa shape index (κ1) is 19.8. The zero-order valence-corrected chi connectivity index (χ0v) is 16.0. The Balaban J connectivity index is 2.61. The molecule has 0 radical (unpaired) electrons. The summed E-state index contributed by atoms with van der Waals surface area (Å²) in [5, 5.41) is 0.335. The van der Waals surface area contributed by atoms with Crippen LogP contribution in [-0.2, 0) is 36.6 Å². The zero-order chi connectivity index (χ0) is 19.4. The molecule has 2 heterocycles. The Hall–Kier alpha value is -2.55. The Morgan fingerprint density at radius 3 is 2.38 bits per heavy atom. The molecule has 0 amide bonds. The van der Waals surface area contributed by atoms with Crippen molar-refractivity contribution in [2.45, 2.75) is 19.8 Å². The highest BCUT2D eigenvalue weighted by molar-refractivity contribution is 7.16. The van der Waals surface area contributed by atoms with E-state index in [4.69, 9.17) is 19.9 Å². The Morgan fingerprint density at radius 2 is 1.81 bits per heavy atom. The van der Waals surface area contributed by atoms with E-state index in [2.05, 4.69) is 0 Å². The van der Waals surface area contributed by atoms with Gasteiger partial charge in [0.05, 0.1) is 32.0 Å². The molecule has 0 aromatic carbocycles. The first-order valence-corrected chi connectivity index (χ1v) is 8.85. The fraction of sp³-hybridized carbons (Fsp3) is 0.471. The predicted octanol–water partition coefficient (Wildman–Crippen LogP) is 1.14. The number of hydrogen-bond donors (Lipinski definition) is 1. The van der Waals surface area contributed by atoms with E-state index < -0.39 is 17.9 Å². The molecular weight excluding hydrogens is 360 g/mol. The minimum Gasteiger partial charge on any atom is -0.466 e. The first-order chi connectivity index (χ1) is 12.3. The zero-order valence-electron chi connectivity index (χ0n) is 15.2. The fourth-order valence-corrected chi connectivity index (χ4v) is 4.02. The van der Waals surface area contributed by atoms with Gasteiger partial charge in [0.15, 0.2) is 0 Å². The van der Waals surface area contributed by atoms with Crippen LogP contribution in [0, 0.1) is 0 Å². The van der Waals surface area contributed by atoms with Crippen LogP contribution in [0.5, 0.6) is 0 Å². The number of fused-ring (bicyclic) bond motifs is 1. The minimum absolute atomic E-state index is 0.116. The number of thiophene rings is 1. The number of esters is 3. The molecule has 1 aliphatic heterocycles. The lowest BCUT2D eigenvalue weighted by atomic mass is 9.98. The second kappa shape index (κ2) is 8.22. The summed E-state index contributed by atoms with van der Waals surface area (Å²) in [4.78, 5) is 39.2. The second-order valence-corrected chi connectivity index (χ2v) is 6.76. The van der Waals surface area contributed by atoms with Crippen LogP contribution in [0.3, 0.4) is 0 Å². The van der Waals surface area contributed by atoms with Crippen molar-refractivity contribution in [3.8, 4) is 0 Å². The summed E-state index contributed by atoms with van der Waals surface area (Å²) in [7, 11) is 4.18. The molecule has 0 bridgehead atoms. The quantitative estimate of drug-likeness (QED) is 0.610. The molecule has 0 unspecified atom stereocenters. The standard InChI is InChI=1S/C17H22N2O6S/c1-5-25-16(21)12-9-6-7-19(2)13(17(22)24-4)10(15(20)23-3)8-11(9)26-14(12)18/h5-8,18H2,1-4H3/b13-10+. The lowest BCUT2D eigenvalue weighted by molar-refractivity contribution is -0.140. The van der Waals surface area contributed by atoms with Crippen LogP contribution in [-0.4, -0.2) is 57.2 Å². The van der Waals surface area contributed by atoms with Crippen molar-refractivity contribution >= 4 is 34.2 Å². The van der Waals surface area contributed by atoms with E-state index in [1.807, 2.05) is 0 Å². The van der Waals surface area contributed by atoms with E-state index in [1.165, 1.54) is 25.6 Å². The monoisotopic (exact) mass is 382 g/mol. The summed E-state index contributed by atoms with van der Waals surface area (Å²) < 4.78 is 14.8. The summed E-state index contributed by atoms with van der Waals surface area (Å²) in [6.07, 6.45) is 0.591. The van der Waals surface area contributed by atoms with E-state index in [9.17, 15) is 14.4 Å². The van der Waals surface area contributed by atoms with Crippen LogP contribution in [0.25, 0.3) is 0 Å². The maximum absolute atomic E-state index is 12.3. The van der Waals surface area contributed by atoms with Crippen molar-refractivity contribution in [2.24, 2.45) is 0 Å². The van der Waals surface area contributed by atoms with Crippen LogP contribution in [0.15, 0.2) is 11.3 Å². The van der Waals surface area contributed by atoms with Gasteiger partial charge in [0.1, 0.15) is 10.7 Å². The summed E-state index contributed by atoms with van der Waals surface area (Å²) in [6.45, 7) is 2.35. The first-order valence-electron chi connectivity index (χ1n) is 8.03. The molecule has 0 fully saturated rings. The summed E-state index contributed by atoms with van der Waals surface area (Å²) in [5.74, 6) is -1.73. The molecule has 0 saturated carbocycles. The average molecular weight is 382 g/mol. The average Bonchev–Trinajstić information content (AvgIpc) is 2.91. The van der Waals surface area contributed by atoms with E-state index in [-0.39, 0.29) is 24.3 Å². The number of anilines is 1. The highest BCUT2D eigenvalue weighted by atomic mass is 32.1. The number of carbonyl (C=O) groups excluding carboxylic acids is 3. The number of rotatable bonds is 4. The molecule has 0 spiro atoms. The molecule has 142 valence electrons. The van der Waals surface area contributed by atoms with Gasteiger partial charge >= 0.3 is 17.9 Å². The van der Waals surface area contributed by atoms with Crippen molar-refractivity contribution in [1.29, 1.82) is 0 Å². The molecule has 8 nitrogen and oxygen atoms in total. The molecule has 0 saturated heterocycles. The van der Waals surface area contributed by atoms with Gasteiger partial charge in [-0.3, -0.25) is 0 Å². The molecule has 9 heteroatoms. The van der Waals surface area contributed by atoms with Gasteiger partial charge in [-0.2, -0.15) is 0 Å². The van der Waals surface area contributed by atoms with Crippen LogP contribution in [0.4, 0.5) is 5.00 Å². The molecule has 1 aromatic rings. The van der Waals surface area contributed by atoms with Crippen molar-refractivity contribution in [2.75, 3.05) is 40.2 Å². The topological polar surface area (TPSA) is 108 Å². The third-order valence-corrected chi connectivity index (χ3v) is 5.17. The molecule has 26 heavy (non-hydrogen) atoms. The van der Waals surface area contributed by atoms with E-state index in [0.29, 0.717) is 23.5 Å². The molecule has 2 rings (SSSR count). The molecule has 0 atom stereocenters. The van der Waals surface area contributed by atoms with Crippen molar-refractivity contribution in [3.05, 3.63) is 27.3 Å². The number of nitrogen functional groups attached to an aromatic ring is 1. The third kappa shape index (κ3) is 3.67. The van der Waals surface area contributed by atoms with Gasteiger partial charge in [0.2, 0.25) is 0 Å². The van der Waals surface area contributed by atoms with E-state index >= 15 is 0 Å². The maximum Gasteiger partial charge on any atom is 0.354 e. The third-order valence-electron chi connectivity index (χ3n) is 4.11.